The highest BCUT2D eigenvalue weighted by molar-refractivity contribution is 7.47. The van der Waals surface area contributed by atoms with E-state index in [1.807, 2.05) is 0 Å². The van der Waals surface area contributed by atoms with Crippen LogP contribution in [0.4, 0.5) is 0 Å². The third kappa shape index (κ3) is 82.9. The van der Waals surface area contributed by atoms with E-state index in [0.29, 0.717) is 19.3 Å². The van der Waals surface area contributed by atoms with E-state index in [0.717, 1.165) is 231 Å². The molecule has 0 bridgehead atoms. The van der Waals surface area contributed by atoms with Crippen molar-refractivity contribution >= 4 is 33.6 Å². The van der Waals surface area contributed by atoms with E-state index in [4.69, 9.17) is 32.3 Å². The number of aliphatic hydroxyl groups is 2. The van der Waals surface area contributed by atoms with Crippen LogP contribution in [0.15, 0.2) is 207 Å². The zero-order valence-corrected chi connectivity index (χ0v) is 69.2. The van der Waals surface area contributed by atoms with Gasteiger partial charge in [-0.15, -0.1) is 0 Å². The lowest BCUT2D eigenvalue weighted by molar-refractivity contribution is -0.161. The maximum atomic E-state index is 13.0. The summed E-state index contributed by atoms with van der Waals surface area (Å²) in [5.41, 5.74) is 0. The number of carbonyl (C=O) groups excluding carboxylic acids is 3. The van der Waals surface area contributed by atoms with Crippen molar-refractivity contribution in [3.05, 3.63) is 207 Å². The van der Waals surface area contributed by atoms with Crippen LogP contribution in [0.1, 0.15) is 290 Å². The number of hydrogen-bond donors (Lipinski definition) is 4. The molecule has 18 heteroatoms. The predicted molar refractivity (Wildman–Crippen MR) is 454 cm³/mol. The third-order valence-corrected chi connectivity index (χ3v) is 18.4. The number of hydrogen-bond acceptors (Lipinski definition) is 14. The van der Waals surface area contributed by atoms with Gasteiger partial charge in [-0.05, 0) is 167 Å². The van der Waals surface area contributed by atoms with Gasteiger partial charge in [-0.25, -0.2) is 9.13 Å². The average molecular weight is 1560 g/mol. The van der Waals surface area contributed by atoms with Gasteiger partial charge >= 0.3 is 33.6 Å². The van der Waals surface area contributed by atoms with Crippen LogP contribution < -0.4 is 0 Å². The van der Waals surface area contributed by atoms with Gasteiger partial charge in [0.2, 0.25) is 0 Å². The molecule has 0 aliphatic carbocycles. The second-order valence-electron chi connectivity index (χ2n) is 26.8. The largest absolute Gasteiger partial charge is 0.472 e. The first kappa shape index (κ1) is 103. The van der Waals surface area contributed by atoms with Gasteiger partial charge in [-0.2, -0.15) is 0 Å². The van der Waals surface area contributed by atoms with Gasteiger partial charge in [-0.3, -0.25) is 32.5 Å². The van der Waals surface area contributed by atoms with Gasteiger partial charge in [0.05, 0.1) is 26.4 Å². The molecule has 0 fully saturated rings. The second kappa shape index (κ2) is 81.6. The van der Waals surface area contributed by atoms with Crippen molar-refractivity contribution in [2.45, 2.75) is 309 Å². The quantitative estimate of drug-likeness (QED) is 0.0146. The molecule has 109 heavy (non-hydrogen) atoms. The van der Waals surface area contributed by atoms with Crippen LogP contribution >= 0.6 is 15.6 Å². The lowest BCUT2D eigenvalue weighted by Gasteiger charge is -2.21. The van der Waals surface area contributed by atoms with Crippen molar-refractivity contribution in [2.75, 3.05) is 39.6 Å². The Hall–Kier alpha value is -5.87. The number of unbranched alkanes of at least 4 members (excludes halogenated alkanes) is 19. The highest BCUT2D eigenvalue weighted by Gasteiger charge is 2.29. The van der Waals surface area contributed by atoms with Crippen molar-refractivity contribution in [1.29, 1.82) is 0 Å². The molecular formula is C91H146O16P2. The summed E-state index contributed by atoms with van der Waals surface area (Å²) in [6.45, 7) is 2.28. The number of allylic oxidation sites excluding steroid dienone is 34. The Morgan fingerprint density at radius 2 is 0.459 bits per heavy atom. The van der Waals surface area contributed by atoms with Gasteiger partial charge in [0.15, 0.2) is 6.10 Å². The number of phosphoric ester groups is 2. The number of phosphoric acid groups is 2. The summed E-state index contributed by atoms with van der Waals surface area (Å²) in [7, 11) is -9.83. The molecule has 0 aliphatic heterocycles. The summed E-state index contributed by atoms with van der Waals surface area (Å²) < 4.78 is 61.3. The van der Waals surface area contributed by atoms with Crippen molar-refractivity contribution in [1.82, 2.24) is 0 Å². The molecule has 4 N–H and O–H groups in total. The Morgan fingerprint density at radius 3 is 0.725 bits per heavy atom. The Balaban J connectivity index is 4.77. The van der Waals surface area contributed by atoms with E-state index in [9.17, 15) is 43.5 Å². The SMILES string of the molecule is CC/C=C\C/C=C\C/C=C\C/C=C\C/C=C\C/C=C\CCCCCCCCC(=O)OCC(O)COP(=O)(O)OCC(O)COP(=O)(O)OCC(COC(=O)CCCCCCCC/C=C\C/C=C\C/C=C\C/C=C\C/C=C\C/C=C\CC)OC(=O)CCCCCCCCC/C=C\C/C=C\C/C=C\C/C=C\C/C=C\CC. The van der Waals surface area contributed by atoms with Crippen molar-refractivity contribution < 1.29 is 75.8 Å². The van der Waals surface area contributed by atoms with Crippen LogP contribution in [0.5, 0.6) is 0 Å². The highest BCUT2D eigenvalue weighted by Crippen LogP contribution is 2.45. The fourth-order valence-electron chi connectivity index (χ4n) is 10.3. The number of rotatable bonds is 76. The molecule has 0 amide bonds. The van der Waals surface area contributed by atoms with E-state index in [2.05, 4.69) is 227 Å². The summed E-state index contributed by atoms with van der Waals surface area (Å²) >= 11 is 0. The topological polar surface area (TPSA) is 231 Å². The van der Waals surface area contributed by atoms with E-state index in [1.54, 1.807) is 0 Å². The maximum absolute atomic E-state index is 13.0. The first-order valence-electron chi connectivity index (χ1n) is 41.4. The Labute approximate surface area is 660 Å². The number of aliphatic hydroxyl groups excluding tert-OH is 2. The first-order valence-corrected chi connectivity index (χ1v) is 44.4. The minimum atomic E-state index is -4.96. The Morgan fingerprint density at radius 1 is 0.257 bits per heavy atom. The van der Waals surface area contributed by atoms with Crippen molar-refractivity contribution in [3.63, 3.8) is 0 Å². The fourth-order valence-corrected chi connectivity index (χ4v) is 11.9. The number of ether oxygens (including phenoxy) is 3. The van der Waals surface area contributed by atoms with Crippen molar-refractivity contribution in [3.8, 4) is 0 Å². The van der Waals surface area contributed by atoms with Crippen LogP contribution in [-0.4, -0.2) is 95.9 Å². The third-order valence-electron chi connectivity index (χ3n) is 16.5. The fraction of sp³-hybridized carbons (Fsp3) is 0.593. The Kier molecular flexibility index (Phi) is 77.2. The summed E-state index contributed by atoms with van der Waals surface area (Å²) in [6.07, 6.45) is 108. The Bertz CT molecular complexity index is 2810. The first-order chi connectivity index (χ1) is 53.2. The van der Waals surface area contributed by atoms with Gasteiger partial charge in [0.1, 0.15) is 25.4 Å². The predicted octanol–water partition coefficient (Wildman–Crippen LogP) is 24.9. The van der Waals surface area contributed by atoms with Gasteiger partial charge in [0.25, 0.3) is 0 Å². The van der Waals surface area contributed by atoms with Gasteiger partial charge in [-0.1, -0.05) is 311 Å². The summed E-state index contributed by atoms with van der Waals surface area (Å²) in [5, 5.41) is 20.7. The van der Waals surface area contributed by atoms with Crippen LogP contribution in [0.3, 0.4) is 0 Å². The summed E-state index contributed by atoms with van der Waals surface area (Å²) in [5.74, 6) is -1.63. The summed E-state index contributed by atoms with van der Waals surface area (Å²) in [4.78, 5) is 58.9. The molecule has 0 aromatic heterocycles. The standard InChI is InChI=1S/C91H146O16P2/c1-4-7-10-13-16-19-22-25-28-31-34-37-40-42-45-47-50-53-56-59-62-65-68-71-74-77-89(94)101-80-86(92)81-103-108(97,98)104-82-87(93)83-105-109(99,100)106-85-88(107-91(96)79-76-73-70-67-64-61-58-55-52-49-44-39-36-33-30-27-24-21-18-15-12-9-6-3)84-102-90(95)78-75-72-69-66-63-60-57-54-51-48-46-43-41-38-35-32-29-26-23-20-17-14-11-8-5-2/h7-12,16-21,25-30,34-39,42-43,45-46,49-54,86-88,92-93H,4-6,13-15,22-24,31-33,40-41,44,47-48,55-85H2,1-3H3,(H,97,98)(H,99,100)/b10-7-,11-8-,12-9-,19-16-,20-17-,21-18-,28-25-,29-26-,30-27-,37-34-,38-35-,39-36-,45-42-,46-43-,52-49-,53-50-,54-51-. The minimum Gasteiger partial charge on any atom is -0.463 e. The molecule has 0 saturated carbocycles. The molecule has 0 spiro atoms. The van der Waals surface area contributed by atoms with Gasteiger partial charge < -0.3 is 34.2 Å². The molecule has 5 atom stereocenters. The molecule has 0 aromatic rings. The molecule has 0 radical (unpaired) electrons. The lowest BCUT2D eigenvalue weighted by Crippen LogP contribution is -2.30. The van der Waals surface area contributed by atoms with Crippen LogP contribution in [-0.2, 0) is 55.8 Å². The van der Waals surface area contributed by atoms with Crippen LogP contribution in [0.2, 0.25) is 0 Å². The van der Waals surface area contributed by atoms with E-state index >= 15 is 0 Å². The van der Waals surface area contributed by atoms with E-state index in [1.165, 1.54) is 0 Å². The monoisotopic (exact) mass is 1560 g/mol. The zero-order chi connectivity index (χ0) is 79.4. The molecule has 0 aromatic carbocycles. The molecule has 0 saturated heterocycles. The van der Waals surface area contributed by atoms with Crippen LogP contribution in [0, 0.1) is 0 Å². The smallest absolute Gasteiger partial charge is 0.463 e. The normalized spacial score (nSPS) is 15.0. The molecule has 0 aliphatic rings. The zero-order valence-electron chi connectivity index (χ0n) is 67.4. The second-order valence-corrected chi connectivity index (χ2v) is 29.7. The molecule has 5 unspecified atom stereocenters. The van der Waals surface area contributed by atoms with E-state index in [-0.39, 0.29) is 19.3 Å². The average Bonchev–Trinajstić information content (AvgIpc) is 0.903. The van der Waals surface area contributed by atoms with Crippen molar-refractivity contribution in [2.24, 2.45) is 0 Å². The van der Waals surface area contributed by atoms with Crippen LogP contribution in [0.25, 0.3) is 0 Å². The van der Waals surface area contributed by atoms with Gasteiger partial charge in [0, 0.05) is 19.3 Å². The molecule has 16 nitrogen and oxygen atoms in total. The highest BCUT2D eigenvalue weighted by atomic mass is 31.2. The minimum absolute atomic E-state index is 0.0784. The number of esters is 3. The molecular weight excluding hydrogens is 1410 g/mol. The summed E-state index contributed by atoms with van der Waals surface area (Å²) in [6, 6.07) is 0. The molecule has 0 rings (SSSR count). The van der Waals surface area contributed by atoms with E-state index < -0.39 is 91.5 Å². The molecule has 0 heterocycles. The lowest BCUT2D eigenvalue weighted by atomic mass is 10.1. The maximum Gasteiger partial charge on any atom is 0.472 e. The number of carbonyl (C=O) groups is 3. The molecule has 616 valence electrons.